The standard InChI is InChI=1S/C18H13N5O2/c19-8-13-10-25-17(23-13)14-9-20-16-15(14)18(22-11-21-16)24-7-6-12-4-2-1-3-5-12/h1-5,9-11H,6-7H2,(H,20,21,22). The molecule has 0 saturated heterocycles. The molecule has 0 atom stereocenters. The van der Waals surface area contributed by atoms with E-state index < -0.39 is 0 Å². The van der Waals surface area contributed by atoms with E-state index in [1.807, 2.05) is 24.3 Å². The Bertz CT molecular complexity index is 1050. The minimum absolute atomic E-state index is 0.216. The Hall–Kier alpha value is -3.66. The smallest absolute Gasteiger partial charge is 0.229 e. The summed E-state index contributed by atoms with van der Waals surface area (Å²) in [5.41, 5.74) is 2.68. The monoisotopic (exact) mass is 331 g/mol. The van der Waals surface area contributed by atoms with E-state index in [-0.39, 0.29) is 5.69 Å². The number of hydrogen-bond donors (Lipinski definition) is 1. The minimum Gasteiger partial charge on any atom is -0.477 e. The van der Waals surface area contributed by atoms with Crippen LogP contribution in [0, 0.1) is 11.3 Å². The molecule has 0 aliphatic carbocycles. The SMILES string of the molecule is N#Cc1coc(-c2c[nH]c3ncnc(OCCc4ccccc4)c23)n1. The molecule has 0 unspecified atom stereocenters. The molecule has 1 aromatic carbocycles. The summed E-state index contributed by atoms with van der Waals surface area (Å²) in [5.74, 6) is 0.777. The number of nitrogens with one attached hydrogen (secondary N) is 1. The Morgan fingerprint density at radius 1 is 1.20 bits per heavy atom. The van der Waals surface area contributed by atoms with E-state index in [0.717, 1.165) is 6.42 Å². The predicted octanol–water partition coefficient (Wildman–Crippen LogP) is 3.11. The van der Waals surface area contributed by atoms with Gasteiger partial charge in [0.1, 0.15) is 24.3 Å². The minimum atomic E-state index is 0.216. The van der Waals surface area contributed by atoms with Crippen LogP contribution in [0.25, 0.3) is 22.5 Å². The van der Waals surface area contributed by atoms with Gasteiger partial charge in [-0.1, -0.05) is 30.3 Å². The summed E-state index contributed by atoms with van der Waals surface area (Å²) in [6.07, 6.45) is 5.24. The number of aromatic amines is 1. The second-order valence-electron chi connectivity index (χ2n) is 5.34. The lowest BCUT2D eigenvalue weighted by Gasteiger charge is -2.07. The summed E-state index contributed by atoms with van der Waals surface area (Å²) in [4.78, 5) is 15.6. The van der Waals surface area contributed by atoms with Crippen LogP contribution >= 0.6 is 0 Å². The van der Waals surface area contributed by atoms with Crippen molar-refractivity contribution in [2.45, 2.75) is 6.42 Å². The van der Waals surface area contributed by atoms with E-state index in [2.05, 4.69) is 32.1 Å². The van der Waals surface area contributed by atoms with Crippen LogP contribution in [0.15, 0.2) is 53.5 Å². The Kier molecular flexibility index (Phi) is 3.85. The van der Waals surface area contributed by atoms with Crippen LogP contribution in [-0.4, -0.2) is 26.5 Å². The third-order valence-electron chi connectivity index (χ3n) is 3.76. The quantitative estimate of drug-likeness (QED) is 0.603. The van der Waals surface area contributed by atoms with Crippen LogP contribution in [0.3, 0.4) is 0 Å². The van der Waals surface area contributed by atoms with E-state index in [9.17, 15) is 0 Å². The molecule has 3 heterocycles. The average molecular weight is 331 g/mol. The van der Waals surface area contributed by atoms with Crippen LogP contribution in [0.4, 0.5) is 0 Å². The largest absolute Gasteiger partial charge is 0.477 e. The number of fused-ring (bicyclic) bond motifs is 1. The summed E-state index contributed by atoms with van der Waals surface area (Å²) < 4.78 is 11.2. The van der Waals surface area contributed by atoms with Crippen molar-refractivity contribution in [1.82, 2.24) is 19.9 Å². The molecular formula is C18H13N5O2. The van der Waals surface area contributed by atoms with Crippen molar-refractivity contribution in [3.63, 3.8) is 0 Å². The van der Waals surface area contributed by atoms with Gasteiger partial charge in [-0.25, -0.2) is 9.97 Å². The van der Waals surface area contributed by atoms with E-state index in [0.29, 0.717) is 35.0 Å². The molecule has 122 valence electrons. The van der Waals surface area contributed by atoms with Gasteiger partial charge in [-0.3, -0.25) is 0 Å². The number of hydrogen-bond acceptors (Lipinski definition) is 6. The summed E-state index contributed by atoms with van der Waals surface area (Å²) >= 11 is 0. The van der Waals surface area contributed by atoms with Crippen LogP contribution in [0.1, 0.15) is 11.3 Å². The normalized spacial score (nSPS) is 10.7. The van der Waals surface area contributed by atoms with Gasteiger partial charge in [0, 0.05) is 12.6 Å². The van der Waals surface area contributed by atoms with Gasteiger partial charge in [0.25, 0.3) is 0 Å². The molecule has 1 N–H and O–H groups in total. The van der Waals surface area contributed by atoms with Crippen molar-refractivity contribution in [3.05, 3.63) is 60.4 Å². The molecule has 4 rings (SSSR count). The molecular weight excluding hydrogens is 318 g/mol. The van der Waals surface area contributed by atoms with E-state index in [1.165, 1.54) is 18.2 Å². The summed E-state index contributed by atoms with van der Waals surface area (Å²) in [7, 11) is 0. The fraction of sp³-hybridized carbons (Fsp3) is 0.111. The molecule has 7 heteroatoms. The average Bonchev–Trinajstić information content (AvgIpc) is 3.29. The van der Waals surface area contributed by atoms with Gasteiger partial charge in [0.05, 0.1) is 17.6 Å². The van der Waals surface area contributed by atoms with Gasteiger partial charge in [0.2, 0.25) is 11.8 Å². The zero-order chi connectivity index (χ0) is 17.1. The maximum Gasteiger partial charge on any atom is 0.229 e. The Labute approximate surface area is 142 Å². The lowest BCUT2D eigenvalue weighted by Crippen LogP contribution is -2.03. The number of oxazole rings is 1. The molecule has 0 saturated carbocycles. The summed E-state index contributed by atoms with van der Waals surface area (Å²) in [5, 5.41) is 9.59. The van der Waals surface area contributed by atoms with E-state index in [4.69, 9.17) is 14.4 Å². The molecule has 0 bridgehead atoms. The maximum atomic E-state index is 8.91. The molecule has 25 heavy (non-hydrogen) atoms. The van der Waals surface area contributed by atoms with Crippen molar-refractivity contribution in [1.29, 1.82) is 5.26 Å². The zero-order valence-corrected chi connectivity index (χ0v) is 13.1. The molecule has 0 aliphatic rings. The summed E-state index contributed by atoms with van der Waals surface area (Å²) in [6, 6.07) is 12.0. The Morgan fingerprint density at radius 3 is 2.88 bits per heavy atom. The van der Waals surface area contributed by atoms with Gasteiger partial charge >= 0.3 is 0 Å². The first-order valence-electron chi connectivity index (χ1n) is 7.70. The fourth-order valence-electron chi connectivity index (χ4n) is 2.57. The number of benzene rings is 1. The first kappa shape index (κ1) is 14.9. The van der Waals surface area contributed by atoms with Crippen molar-refractivity contribution in [2.24, 2.45) is 0 Å². The fourth-order valence-corrected chi connectivity index (χ4v) is 2.57. The lowest BCUT2D eigenvalue weighted by atomic mass is 10.2. The summed E-state index contributed by atoms with van der Waals surface area (Å²) in [6.45, 7) is 0.482. The highest BCUT2D eigenvalue weighted by atomic mass is 16.5. The van der Waals surface area contributed by atoms with Gasteiger partial charge in [-0.05, 0) is 5.56 Å². The first-order chi connectivity index (χ1) is 12.3. The topological polar surface area (TPSA) is 101 Å². The van der Waals surface area contributed by atoms with Crippen molar-refractivity contribution < 1.29 is 9.15 Å². The number of H-pyrrole nitrogens is 1. The van der Waals surface area contributed by atoms with Crippen LogP contribution in [0.5, 0.6) is 5.88 Å². The van der Waals surface area contributed by atoms with Gasteiger partial charge < -0.3 is 14.1 Å². The molecule has 0 amide bonds. The Morgan fingerprint density at radius 2 is 2.08 bits per heavy atom. The van der Waals surface area contributed by atoms with Gasteiger partial charge in [-0.2, -0.15) is 10.2 Å². The van der Waals surface area contributed by atoms with Crippen LogP contribution in [0.2, 0.25) is 0 Å². The first-order valence-corrected chi connectivity index (χ1v) is 7.70. The number of aromatic nitrogens is 4. The van der Waals surface area contributed by atoms with Crippen LogP contribution in [-0.2, 0) is 6.42 Å². The number of nitrogens with zero attached hydrogens (tertiary/aromatic N) is 4. The molecule has 0 radical (unpaired) electrons. The zero-order valence-electron chi connectivity index (χ0n) is 13.1. The highest BCUT2D eigenvalue weighted by Crippen LogP contribution is 2.32. The van der Waals surface area contributed by atoms with E-state index in [1.54, 1.807) is 6.20 Å². The molecule has 0 spiro atoms. The molecule has 7 nitrogen and oxygen atoms in total. The van der Waals surface area contributed by atoms with Gasteiger partial charge in [-0.15, -0.1) is 0 Å². The van der Waals surface area contributed by atoms with Crippen molar-refractivity contribution in [2.75, 3.05) is 6.61 Å². The second kappa shape index (κ2) is 6.45. The molecule has 3 aromatic heterocycles. The number of nitriles is 1. The third kappa shape index (κ3) is 2.93. The van der Waals surface area contributed by atoms with Crippen LogP contribution < -0.4 is 4.74 Å². The van der Waals surface area contributed by atoms with E-state index >= 15 is 0 Å². The van der Waals surface area contributed by atoms with Crippen molar-refractivity contribution in [3.8, 4) is 23.4 Å². The lowest BCUT2D eigenvalue weighted by molar-refractivity contribution is 0.313. The van der Waals surface area contributed by atoms with Crippen molar-refractivity contribution >= 4 is 11.0 Å². The third-order valence-corrected chi connectivity index (χ3v) is 3.76. The second-order valence-corrected chi connectivity index (χ2v) is 5.34. The number of ether oxygens (including phenoxy) is 1. The van der Waals surface area contributed by atoms with Gasteiger partial charge in [0.15, 0.2) is 5.69 Å². The number of rotatable bonds is 5. The Balaban J connectivity index is 1.62. The highest BCUT2D eigenvalue weighted by molar-refractivity contribution is 5.95. The molecule has 0 fully saturated rings. The highest BCUT2D eigenvalue weighted by Gasteiger charge is 2.17. The molecule has 4 aromatic rings. The predicted molar refractivity (Wildman–Crippen MR) is 89.7 cm³/mol. The maximum absolute atomic E-state index is 8.91. The molecule has 0 aliphatic heterocycles.